The molecule has 0 amide bonds. The van der Waals surface area contributed by atoms with Crippen molar-refractivity contribution in [2.45, 2.75) is 12.8 Å². The van der Waals surface area contributed by atoms with Crippen LogP contribution in [0, 0.1) is 11.2 Å². The maximum Gasteiger partial charge on any atom is 0.311 e. The van der Waals surface area contributed by atoms with Gasteiger partial charge in [-0.2, -0.15) is 0 Å². The molecule has 1 heterocycles. The minimum atomic E-state index is -0.789. The predicted octanol–water partition coefficient (Wildman–Crippen LogP) is 2.20. The van der Waals surface area contributed by atoms with Gasteiger partial charge in [0.2, 0.25) is 0 Å². The quantitative estimate of drug-likeness (QED) is 0.900. The van der Waals surface area contributed by atoms with Crippen LogP contribution in [0.1, 0.15) is 12.0 Å². The Kier molecular flexibility index (Phi) is 3.49. The molecule has 1 aliphatic rings. The smallest absolute Gasteiger partial charge is 0.311 e. The molecule has 1 aromatic carbocycles. The lowest BCUT2D eigenvalue weighted by atomic mass is 9.81. The molecular formula is C12H13BrFNO2. The molecule has 1 atom stereocenters. The molecule has 3 nitrogen and oxygen atoms in total. The fourth-order valence-corrected chi connectivity index (χ4v) is 2.62. The third-order valence-electron chi connectivity index (χ3n) is 3.22. The first-order chi connectivity index (χ1) is 8.03. The molecule has 0 spiro atoms. The molecule has 92 valence electrons. The average Bonchev–Trinajstić information content (AvgIpc) is 2.73. The number of carbonyl (C=O) groups is 1. The normalized spacial score (nSPS) is 23.9. The standard InChI is InChI=1S/C12H13BrFNO2/c13-9-5-8(1-2-10(9)14)6-12(11(16)17)3-4-15-7-12/h1-2,5,15H,3-4,6-7H2,(H,16,17). The van der Waals surface area contributed by atoms with E-state index in [2.05, 4.69) is 21.2 Å². The van der Waals surface area contributed by atoms with Gasteiger partial charge in [0, 0.05) is 6.54 Å². The molecule has 0 saturated carbocycles. The molecule has 2 rings (SSSR count). The highest BCUT2D eigenvalue weighted by molar-refractivity contribution is 9.10. The van der Waals surface area contributed by atoms with Gasteiger partial charge in [-0.05, 0) is 53.0 Å². The van der Waals surface area contributed by atoms with Crippen molar-refractivity contribution >= 4 is 21.9 Å². The van der Waals surface area contributed by atoms with Crippen molar-refractivity contribution in [3.8, 4) is 0 Å². The summed E-state index contributed by atoms with van der Waals surface area (Å²) in [5, 5.41) is 12.4. The summed E-state index contributed by atoms with van der Waals surface area (Å²) in [6.07, 6.45) is 1.03. The van der Waals surface area contributed by atoms with Crippen LogP contribution in [-0.4, -0.2) is 24.2 Å². The molecule has 1 unspecified atom stereocenters. The summed E-state index contributed by atoms with van der Waals surface area (Å²) in [7, 11) is 0. The predicted molar refractivity (Wildman–Crippen MR) is 65.4 cm³/mol. The van der Waals surface area contributed by atoms with Crippen molar-refractivity contribution in [1.29, 1.82) is 0 Å². The highest BCUT2D eigenvalue weighted by Crippen LogP contribution is 2.31. The van der Waals surface area contributed by atoms with Gasteiger partial charge in [0.15, 0.2) is 0 Å². The third-order valence-corrected chi connectivity index (χ3v) is 3.83. The average molecular weight is 302 g/mol. The van der Waals surface area contributed by atoms with E-state index in [0.717, 1.165) is 5.56 Å². The van der Waals surface area contributed by atoms with Crippen LogP contribution in [0.15, 0.2) is 22.7 Å². The number of halogens is 2. The van der Waals surface area contributed by atoms with Gasteiger partial charge in [-0.1, -0.05) is 6.07 Å². The van der Waals surface area contributed by atoms with Crippen molar-refractivity contribution in [2.75, 3.05) is 13.1 Å². The van der Waals surface area contributed by atoms with E-state index in [1.54, 1.807) is 12.1 Å². The van der Waals surface area contributed by atoms with E-state index in [1.165, 1.54) is 6.07 Å². The Bertz CT molecular complexity index is 444. The van der Waals surface area contributed by atoms with Gasteiger partial charge in [0.05, 0.1) is 9.89 Å². The SMILES string of the molecule is O=C(O)C1(Cc2ccc(F)c(Br)c2)CCNC1. The van der Waals surface area contributed by atoms with Crippen molar-refractivity contribution in [2.24, 2.45) is 5.41 Å². The van der Waals surface area contributed by atoms with Gasteiger partial charge >= 0.3 is 5.97 Å². The first kappa shape index (κ1) is 12.5. The lowest BCUT2D eigenvalue weighted by Gasteiger charge is -2.23. The van der Waals surface area contributed by atoms with Gasteiger partial charge in [-0.15, -0.1) is 0 Å². The number of rotatable bonds is 3. The number of aliphatic carboxylic acids is 1. The zero-order valence-electron chi connectivity index (χ0n) is 9.17. The maximum absolute atomic E-state index is 13.1. The van der Waals surface area contributed by atoms with Gasteiger partial charge < -0.3 is 10.4 Å². The fraction of sp³-hybridized carbons (Fsp3) is 0.417. The Morgan fingerprint density at radius 2 is 2.35 bits per heavy atom. The number of carboxylic acids is 1. The molecule has 0 radical (unpaired) electrons. The Labute approximate surface area is 107 Å². The number of hydrogen-bond acceptors (Lipinski definition) is 2. The Morgan fingerprint density at radius 3 is 2.88 bits per heavy atom. The minimum absolute atomic E-state index is 0.331. The van der Waals surface area contributed by atoms with Crippen LogP contribution < -0.4 is 5.32 Å². The lowest BCUT2D eigenvalue weighted by Crippen LogP contribution is -2.35. The van der Waals surface area contributed by atoms with Crippen LogP contribution in [0.3, 0.4) is 0 Å². The van der Waals surface area contributed by atoms with Gasteiger partial charge in [0.25, 0.3) is 0 Å². The van der Waals surface area contributed by atoms with Gasteiger partial charge in [0.1, 0.15) is 5.82 Å². The molecule has 1 aromatic rings. The molecule has 0 aromatic heterocycles. The zero-order chi connectivity index (χ0) is 12.5. The third kappa shape index (κ3) is 2.50. The Morgan fingerprint density at radius 1 is 1.59 bits per heavy atom. The summed E-state index contributed by atoms with van der Waals surface area (Å²) in [5.41, 5.74) is 0.0847. The maximum atomic E-state index is 13.1. The van der Waals surface area contributed by atoms with Crippen molar-refractivity contribution in [1.82, 2.24) is 5.32 Å². The van der Waals surface area contributed by atoms with Crippen molar-refractivity contribution in [3.63, 3.8) is 0 Å². The van der Waals surface area contributed by atoms with E-state index in [1.807, 2.05) is 0 Å². The van der Waals surface area contributed by atoms with Crippen LogP contribution in [0.5, 0.6) is 0 Å². The van der Waals surface area contributed by atoms with Crippen molar-refractivity contribution in [3.05, 3.63) is 34.1 Å². The van der Waals surface area contributed by atoms with Crippen LogP contribution in [0.2, 0.25) is 0 Å². The molecule has 1 saturated heterocycles. The van der Waals surface area contributed by atoms with E-state index in [-0.39, 0.29) is 5.82 Å². The molecule has 1 fully saturated rings. The zero-order valence-corrected chi connectivity index (χ0v) is 10.8. The van der Waals surface area contributed by atoms with E-state index >= 15 is 0 Å². The second kappa shape index (κ2) is 4.74. The number of nitrogens with one attached hydrogen (secondary N) is 1. The molecule has 5 heteroatoms. The molecule has 1 aliphatic heterocycles. The molecule has 17 heavy (non-hydrogen) atoms. The second-order valence-corrected chi connectivity index (χ2v) is 5.29. The summed E-state index contributed by atoms with van der Waals surface area (Å²) >= 11 is 3.11. The summed E-state index contributed by atoms with van der Waals surface area (Å²) in [6.45, 7) is 1.19. The summed E-state index contributed by atoms with van der Waals surface area (Å²) in [5.74, 6) is -1.12. The van der Waals surface area contributed by atoms with E-state index < -0.39 is 11.4 Å². The molecule has 2 N–H and O–H groups in total. The van der Waals surface area contributed by atoms with Gasteiger partial charge in [-0.3, -0.25) is 4.79 Å². The summed E-state index contributed by atoms with van der Waals surface area (Å²) in [4.78, 5) is 11.4. The first-order valence-electron chi connectivity index (χ1n) is 5.42. The topological polar surface area (TPSA) is 49.3 Å². The van der Waals surface area contributed by atoms with E-state index in [4.69, 9.17) is 0 Å². The van der Waals surface area contributed by atoms with Crippen LogP contribution >= 0.6 is 15.9 Å². The van der Waals surface area contributed by atoms with Crippen LogP contribution in [0.4, 0.5) is 4.39 Å². The largest absolute Gasteiger partial charge is 0.481 e. The summed E-state index contributed by atoms with van der Waals surface area (Å²) < 4.78 is 13.5. The van der Waals surface area contributed by atoms with Crippen molar-refractivity contribution < 1.29 is 14.3 Å². The van der Waals surface area contributed by atoms with Crippen LogP contribution in [0.25, 0.3) is 0 Å². The minimum Gasteiger partial charge on any atom is -0.481 e. The highest BCUT2D eigenvalue weighted by atomic mass is 79.9. The fourth-order valence-electron chi connectivity index (χ4n) is 2.19. The Balaban J connectivity index is 2.23. The highest BCUT2D eigenvalue weighted by Gasteiger charge is 2.41. The number of benzene rings is 1. The second-order valence-electron chi connectivity index (χ2n) is 4.44. The molecular weight excluding hydrogens is 289 g/mol. The lowest BCUT2D eigenvalue weighted by molar-refractivity contribution is -0.147. The van der Waals surface area contributed by atoms with Crippen LogP contribution in [-0.2, 0) is 11.2 Å². The monoisotopic (exact) mass is 301 g/mol. The number of hydrogen-bond donors (Lipinski definition) is 2. The molecule has 0 aliphatic carbocycles. The van der Waals surface area contributed by atoms with Gasteiger partial charge in [-0.25, -0.2) is 4.39 Å². The number of carboxylic acid groups (broad SMARTS) is 1. The first-order valence-corrected chi connectivity index (χ1v) is 6.21. The van der Waals surface area contributed by atoms with E-state index in [0.29, 0.717) is 30.4 Å². The van der Waals surface area contributed by atoms with E-state index in [9.17, 15) is 14.3 Å². The Hall–Kier alpha value is -0.940. The molecule has 0 bridgehead atoms. The summed E-state index contributed by atoms with van der Waals surface area (Å²) in [6, 6.07) is 4.65.